The Hall–Kier alpha value is -1.48. The SMILES string of the molecule is CC(Sc1ncccc1N)c1ccccc1. The van der Waals surface area contributed by atoms with E-state index in [2.05, 4.69) is 24.0 Å². The molecule has 0 aliphatic rings. The first-order chi connectivity index (χ1) is 7.77. The molecule has 16 heavy (non-hydrogen) atoms. The van der Waals surface area contributed by atoms with Gasteiger partial charge in [0, 0.05) is 11.4 Å². The van der Waals surface area contributed by atoms with Crippen LogP contribution in [0.3, 0.4) is 0 Å². The third kappa shape index (κ3) is 2.55. The third-order valence-corrected chi connectivity index (χ3v) is 3.55. The van der Waals surface area contributed by atoms with E-state index in [0.717, 1.165) is 10.7 Å². The van der Waals surface area contributed by atoms with E-state index in [-0.39, 0.29) is 0 Å². The molecule has 0 bridgehead atoms. The molecular weight excluding hydrogens is 216 g/mol. The van der Waals surface area contributed by atoms with Crippen molar-refractivity contribution in [1.82, 2.24) is 4.98 Å². The molecule has 1 aromatic heterocycles. The minimum atomic E-state index is 0.360. The Morgan fingerprint density at radius 2 is 1.88 bits per heavy atom. The first kappa shape index (κ1) is 11.0. The number of anilines is 1. The normalized spacial score (nSPS) is 12.3. The molecule has 82 valence electrons. The zero-order valence-electron chi connectivity index (χ0n) is 9.13. The predicted molar refractivity (Wildman–Crippen MR) is 69.4 cm³/mol. The number of hydrogen-bond donors (Lipinski definition) is 1. The lowest BCUT2D eigenvalue weighted by Crippen LogP contribution is -1.94. The maximum absolute atomic E-state index is 5.86. The second kappa shape index (κ2) is 5.03. The van der Waals surface area contributed by atoms with Crippen LogP contribution < -0.4 is 5.73 Å². The molecule has 1 heterocycles. The summed E-state index contributed by atoms with van der Waals surface area (Å²) in [6.45, 7) is 2.16. The van der Waals surface area contributed by atoms with Gasteiger partial charge in [0.2, 0.25) is 0 Å². The van der Waals surface area contributed by atoms with Gasteiger partial charge in [-0.3, -0.25) is 0 Å². The van der Waals surface area contributed by atoms with Crippen LogP contribution in [0.15, 0.2) is 53.7 Å². The topological polar surface area (TPSA) is 38.9 Å². The summed E-state index contributed by atoms with van der Waals surface area (Å²) in [5.74, 6) is 0. The summed E-state index contributed by atoms with van der Waals surface area (Å²) < 4.78 is 0. The van der Waals surface area contributed by atoms with Crippen molar-refractivity contribution in [3.05, 3.63) is 54.2 Å². The highest BCUT2D eigenvalue weighted by atomic mass is 32.2. The van der Waals surface area contributed by atoms with E-state index in [1.807, 2.05) is 30.3 Å². The minimum absolute atomic E-state index is 0.360. The van der Waals surface area contributed by atoms with Gasteiger partial charge in [-0.15, -0.1) is 0 Å². The molecule has 2 aromatic rings. The average Bonchev–Trinajstić information content (AvgIpc) is 2.33. The third-order valence-electron chi connectivity index (χ3n) is 2.36. The number of thioether (sulfide) groups is 1. The number of nitrogen functional groups attached to an aromatic ring is 1. The Balaban J connectivity index is 2.14. The molecule has 0 aliphatic carbocycles. The Labute approximate surface area is 99.9 Å². The van der Waals surface area contributed by atoms with E-state index in [4.69, 9.17) is 5.73 Å². The fraction of sp³-hybridized carbons (Fsp3) is 0.154. The maximum atomic E-state index is 5.86. The number of nitrogens with two attached hydrogens (primary N) is 1. The van der Waals surface area contributed by atoms with Crippen LogP contribution in [-0.2, 0) is 0 Å². The van der Waals surface area contributed by atoms with Crippen LogP contribution in [0.25, 0.3) is 0 Å². The fourth-order valence-corrected chi connectivity index (χ4v) is 2.42. The second-order valence-electron chi connectivity index (χ2n) is 3.57. The van der Waals surface area contributed by atoms with Crippen molar-refractivity contribution in [2.24, 2.45) is 0 Å². The molecule has 0 saturated heterocycles. The van der Waals surface area contributed by atoms with E-state index in [0.29, 0.717) is 5.25 Å². The first-order valence-electron chi connectivity index (χ1n) is 5.19. The van der Waals surface area contributed by atoms with Gasteiger partial charge in [0.15, 0.2) is 0 Å². The zero-order chi connectivity index (χ0) is 11.4. The van der Waals surface area contributed by atoms with Crippen molar-refractivity contribution in [2.45, 2.75) is 17.2 Å². The van der Waals surface area contributed by atoms with Gasteiger partial charge in [-0.1, -0.05) is 42.1 Å². The monoisotopic (exact) mass is 230 g/mol. The molecule has 1 unspecified atom stereocenters. The summed E-state index contributed by atoms with van der Waals surface area (Å²) in [7, 11) is 0. The van der Waals surface area contributed by atoms with Gasteiger partial charge < -0.3 is 5.73 Å². The van der Waals surface area contributed by atoms with Crippen LogP contribution in [0.1, 0.15) is 17.7 Å². The summed E-state index contributed by atoms with van der Waals surface area (Å²) >= 11 is 1.69. The lowest BCUT2D eigenvalue weighted by atomic mass is 10.2. The highest BCUT2D eigenvalue weighted by molar-refractivity contribution is 7.99. The Morgan fingerprint density at radius 1 is 1.12 bits per heavy atom. The smallest absolute Gasteiger partial charge is 0.119 e. The molecular formula is C13H14N2S. The van der Waals surface area contributed by atoms with Crippen LogP contribution in [0.4, 0.5) is 5.69 Å². The molecule has 1 atom stereocenters. The fourth-order valence-electron chi connectivity index (χ4n) is 1.46. The molecule has 2 N–H and O–H groups in total. The summed E-state index contributed by atoms with van der Waals surface area (Å²) in [5, 5.41) is 1.26. The van der Waals surface area contributed by atoms with Crippen LogP contribution in [0.5, 0.6) is 0 Å². The van der Waals surface area contributed by atoms with Gasteiger partial charge >= 0.3 is 0 Å². The van der Waals surface area contributed by atoms with Gasteiger partial charge in [-0.2, -0.15) is 0 Å². The number of nitrogens with zero attached hydrogens (tertiary/aromatic N) is 1. The standard InChI is InChI=1S/C13H14N2S/c1-10(11-6-3-2-4-7-11)16-13-12(14)8-5-9-15-13/h2-10H,14H2,1H3. The van der Waals surface area contributed by atoms with Crippen LogP contribution in [0.2, 0.25) is 0 Å². The van der Waals surface area contributed by atoms with E-state index in [1.54, 1.807) is 18.0 Å². The van der Waals surface area contributed by atoms with Gasteiger partial charge in [-0.05, 0) is 24.6 Å². The summed E-state index contributed by atoms with van der Waals surface area (Å²) in [6, 6.07) is 14.1. The number of benzene rings is 1. The van der Waals surface area contributed by atoms with Gasteiger partial charge in [0.05, 0.1) is 5.69 Å². The van der Waals surface area contributed by atoms with Crippen molar-refractivity contribution in [1.29, 1.82) is 0 Å². The van der Waals surface area contributed by atoms with Crippen LogP contribution in [-0.4, -0.2) is 4.98 Å². The molecule has 2 nitrogen and oxygen atoms in total. The Bertz CT molecular complexity index is 456. The minimum Gasteiger partial charge on any atom is -0.397 e. The predicted octanol–water partition coefficient (Wildman–Crippen LogP) is 3.52. The zero-order valence-corrected chi connectivity index (χ0v) is 9.95. The molecule has 0 saturated carbocycles. The lowest BCUT2D eigenvalue weighted by Gasteiger charge is -2.11. The Kier molecular flexibility index (Phi) is 3.47. The first-order valence-corrected chi connectivity index (χ1v) is 6.07. The maximum Gasteiger partial charge on any atom is 0.119 e. The van der Waals surface area contributed by atoms with E-state index < -0.39 is 0 Å². The van der Waals surface area contributed by atoms with E-state index in [1.165, 1.54) is 5.56 Å². The van der Waals surface area contributed by atoms with Crippen molar-refractivity contribution in [2.75, 3.05) is 5.73 Å². The molecule has 0 fully saturated rings. The molecule has 0 radical (unpaired) electrons. The van der Waals surface area contributed by atoms with E-state index in [9.17, 15) is 0 Å². The second-order valence-corrected chi connectivity index (χ2v) is 4.90. The number of rotatable bonds is 3. The van der Waals surface area contributed by atoms with Gasteiger partial charge in [0.25, 0.3) is 0 Å². The molecule has 0 spiro atoms. The van der Waals surface area contributed by atoms with Crippen molar-refractivity contribution in [3.8, 4) is 0 Å². The van der Waals surface area contributed by atoms with Crippen molar-refractivity contribution >= 4 is 17.4 Å². The molecule has 1 aromatic carbocycles. The van der Waals surface area contributed by atoms with Gasteiger partial charge in [0.1, 0.15) is 5.03 Å². The number of hydrogen-bond acceptors (Lipinski definition) is 3. The Morgan fingerprint density at radius 3 is 2.56 bits per heavy atom. The number of pyridine rings is 1. The number of aromatic nitrogens is 1. The van der Waals surface area contributed by atoms with Crippen molar-refractivity contribution in [3.63, 3.8) is 0 Å². The van der Waals surface area contributed by atoms with Crippen LogP contribution >= 0.6 is 11.8 Å². The largest absolute Gasteiger partial charge is 0.397 e. The highest BCUT2D eigenvalue weighted by Crippen LogP contribution is 2.35. The highest BCUT2D eigenvalue weighted by Gasteiger charge is 2.09. The lowest BCUT2D eigenvalue weighted by molar-refractivity contribution is 1.07. The summed E-state index contributed by atoms with van der Waals surface area (Å²) in [5.41, 5.74) is 7.90. The summed E-state index contributed by atoms with van der Waals surface area (Å²) in [6.07, 6.45) is 1.77. The molecule has 2 rings (SSSR count). The van der Waals surface area contributed by atoms with Gasteiger partial charge in [-0.25, -0.2) is 4.98 Å². The quantitative estimate of drug-likeness (QED) is 0.820. The van der Waals surface area contributed by atoms with E-state index >= 15 is 0 Å². The molecule has 0 aliphatic heterocycles. The average molecular weight is 230 g/mol. The summed E-state index contributed by atoms with van der Waals surface area (Å²) in [4.78, 5) is 4.28. The molecule has 0 amide bonds. The van der Waals surface area contributed by atoms with Crippen molar-refractivity contribution < 1.29 is 0 Å². The van der Waals surface area contributed by atoms with Crippen LogP contribution in [0, 0.1) is 0 Å². The molecule has 3 heteroatoms.